The second-order valence-electron chi connectivity index (χ2n) is 7.75. The van der Waals surface area contributed by atoms with Crippen LogP contribution in [-0.4, -0.2) is 27.5 Å². The number of carbonyl (C=O) groups is 2. The lowest BCUT2D eigenvalue weighted by atomic mass is 9.97. The van der Waals surface area contributed by atoms with E-state index in [1.807, 2.05) is 49.4 Å². The molecule has 2 aromatic heterocycles. The highest BCUT2D eigenvalue weighted by molar-refractivity contribution is 6.07. The third-order valence-corrected chi connectivity index (χ3v) is 5.38. The zero-order valence-corrected chi connectivity index (χ0v) is 18.5. The maximum atomic E-state index is 13.3. The first kappa shape index (κ1) is 22.0. The van der Waals surface area contributed by atoms with Crippen molar-refractivity contribution < 1.29 is 14.3 Å². The van der Waals surface area contributed by atoms with Gasteiger partial charge < -0.3 is 14.6 Å². The maximum Gasteiger partial charge on any atom is 0.356 e. The number of aryl methyl sites for hydroxylation is 1. The quantitative estimate of drug-likeness (QED) is 0.471. The Balaban J connectivity index is 1.73. The van der Waals surface area contributed by atoms with Crippen LogP contribution in [0.3, 0.4) is 0 Å². The summed E-state index contributed by atoms with van der Waals surface area (Å²) >= 11 is 0. The number of nitrogens with zero attached hydrogens (tertiary/aromatic N) is 2. The Labute approximate surface area is 190 Å². The van der Waals surface area contributed by atoms with Crippen LogP contribution in [0.25, 0.3) is 21.9 Å². The minimum absolute atomic E-state index is 0.0817. The van der Waals surface area contributed by atoms with Crippen molar-refractivity contribution in [2.45, 2.75) is 20.0 Å². The molecule has 0 saturated heterocycles. The van der Waals surface area contributed by atoms with Crippen molar-refractivity contribution in [2.75, 3.05) is 5.32 Å². The molecule has 166 valence electrons. The van der Waals surface area contributed by atoms with E-state index in [2.05, 4.69) is 10.3 Å². The second-order valence-corrected chi connectivity index (χ2v) is 7.75. The third-order valence-electron chi connectivity index (χ3n) is 5.38. The zero-order chi connectivity index (χ0) is 23.5. The Morgan fingerprint density at radius 1 is 1.00 bits per heavy atom. The number of rotatable bonds is 5. The van der Waals surface area contributed by atoms with E-state index < -0.39 is 18.0 Å². The first-order valence-corrected chi connectivity index (χ1v) is 10.5. The number of fused-ring (bicyclic) bond motifs is 1. The van der Waals surface area contributed by atoms with Gasteiger partial charge in [0, 0.05) is 24.2 Å². The van der Waals surface area contributed by atoms with Crippen LogP contribution in [-0.2, 0) is 16.6 Å². The van der Waals surface area contributed by atoms with Gasteiger partial charge in [-0.25, -0.2) is 9.78 Å². The Hall–Kier alpha value is -4.26. The molecule has 33 heavy (non-hydrogen) atoms. The van der Waals surface area contributed by atoms with Gasteiger partial charge >= 0.3 is 5.97 Å². The number of esters is 1. The van der Waals surface area contributed by atoms with Gasteiger partial charge in [0.25, 0.3) is 11.5 Å². The molecule has 0 fully saturated rings. The summed E-state index contributed by atoms with van der Waals surface area (Å²) in [6.45, 7) is 3.36. The van der Waals surface area contributed by atoms with E-state index in [0.29, 0.717) is 22.2 Å². The number of nitrogens with one attached hydrogen (secondary N) is 1. The molecule has 1 atom stereocenters. The fraction of sp³-hybridized carbons (Fsp3) is 0.154. The molecule has 4 rings (SSSR count). The highest BCUT2D eigenvalue weighted by Gasteiger charge is 2.26. The molecule has 1 amide bonds. The normalized spacial score (nSPS) is 11.7. The van der Waals surface area contributed by atoms with E-state index in [9.17, 15) is 14.4 Å². The summed E-state index contributed by atoms with van der Waals surface area (Å²) in [5, 5.41) is 3.78. The van der Waals surface area contributed by atoms with E-state index in [-0.39, 0.29) is 11.3 Å². The highest BCUT2D eigenvalue weighted by atomic mass is 16.5. The van der Waals surface area contributed by atoms with Crippen LogP contribution >= 0.6 is 0 Å². The Kier molecular flexibility index (Phi) is 6.04. The monoisotopic (exact) mass is 441 g/mol. The van der Waals surface area contributed by atoms with Crippen LogP contribution in [0, 0.1) is 6.92 Å². The maximum absolute atomic E-state index is 13.3. The number of hydrogen-bond donors (Lipinski definition) is 1. The summed E-state index contributed by atoms with van der Waals surface area (Å²) in [6, 6.07) is 20.0. The number of hydrogen-bond acceptors (Lipinski definition) is 5. The van der Waals surface area contributed by atoms with Gasteiger partial charge in [-0.3, -0.25) is 9.59 Å². The number of pyridine rings is 2. The Morgan fingerprint density at radius 2 is 1.67 bits per heavy atom. The molecule has 2 heterocycles. The molecular formula is C26H23N3O4. The Bertz CT molecular complexity index is 1410. The smallest absolute Gasteiger partial charge is 0.356 e. The summed E-state index contributed by atoms with van der Waals surface area (Å²) in [5.74, 6) is -0.918. The van der Waals surface area contributed by atoms with E-state index in [1.54, 1.807) is 30.5 Å². The summed E-state index contributed by atoms with van der Waals surface area (Å²) in [6.07, 6.45) is 0.475. The summed E-state index contributed by atoms with van der Waals surface area (Å²) in [4.78, 5) is 43.0. The Morgan fingerprint density at radius 3 is 2.36 bits per heavy atom. The van der Waals surface area contributed by atoms with Gasteiger partial charge in [0.2, 0.25) is 0 Å². The van der Waals surface area contributed by atoms with Crippen molar-refractivity contribution >= 4 is 28.5 Å². The van der Waals surface area contributed by atoms with Crippen molar-refractivity contribution in [3.63, 3.8) is 0 Å². The first-order valence-electron chi connectivity index (χ1n) is 10.5. The minimum Gasteiger partial charge on any atom is -0.448 e. The summed E-state index contributed by atoms with van der Waals surface area (Å²) in [5.41, 5.74) is 2.03. The van der Waals surface area contributed by atoms with E-state index >= 15 is 0 Å². The molecule has 2 aromatic carbocycles. The largest absolute Gasteiger partial charge is 0.448 e. The lowest BCUT2D eigenvalue weighted by Gasteiger charge is -2.19. The number of carbonyl (C=O) groups excluding carboxylic acids is 2. The van der Waals surface area contributed by atoms with Crippen LogP contribution in [0.1, 0.15) is 23.0 Å². The molecule has 0 aliphatic heterocycles. The molecule has 0 radical (unpaired) electrons. The fourth-order valence-electron chi connectivity index (χ4n) is 3.70. The SMILES string of the molecule is Cc1ccnc(NC(=O)C(C)OC(=O)c2c(-c3ccccc3)c3ccccc3c(=O)n2C)c1. The van der Waals surface area contributed by atoms with E-state index in [0.717, 1.165) is 11.1 Å². The molecule has 0 bridgehead atoms. The van der Waals surface area contributed by atoms with Crippen LogP contribution in [0.5, 0.6) is 0 Å². The fourth-order valence-corrected chi connectivity index (χ4v) is 3.70. The minimum atomic E-state index is -1.11. The predicted molar refractivity (Wildman–Crippen MR) is 127 cm³/mol. The number of anilines is 1. The summed E-state index contributed by atoms with van der Waals surface area (Å²) in [7, 11) is 1.53. The molecule has 0 aliphatic rings. The van der Waals surface area contributed by atoms with Crippen molar-refractivity contribution in [3.05, 3.63) is 94.5 Å². The topological polar surface area (TPSA) is 90.3 Å². The highest BCUT2D eigenvalue weighted by Crippen LogP contribution is 2.31. The number of aromatic nitrogens is 2. The van der Waals surface area contributed by atoms with Gasteiger partial charge in [-0.05, 0) is 48.6 Å². The van der Waals surface area contributed by atoms with Gasteiger partial charge in [-0.1, -0.05) is 48.5 Å². The molecule has 4 aromatic rings. The average Bonchev–Trinajstić information content (AvgIpc) is 2.81. The first-order chi connectivity index (χ1) is 15.9. The second kappa shape index (κ2) is 9.08. The lowest BCUT2D eigenvalue weighted by molar-refractivity contribution is -0.123. The van der Waals surface area contributed by atoms with Crippen LogP contribution in [0.4, 0.5) is 5.82 Å². The van der Waals surface area contributed by atoms with E-state index in [4.69, 9.17) is 4.74 Å². The van der Waals surface area contributed by atoms with Gasteiger partial charge in [-0.2, -0.15) is 0 Å². The average molecular weight is 441 g/mol. The van der Waals surface area contributed by atoms with Crippen molar-refractivity contribution in [1.82, 2.24) is 9.55 Å². The lowest BCUT2D eigenvalue weighted by Crippen LogP contribution is -2.33. The molecule has 0 saturated carbocycles. The molecule has 7 nitrogen and oxygen atoms in total. The van der Waals surface area contributed by atoms with Crippen LogP contribution < -0.4 is 10.9 Å². The molecular weight excluding hydrogens is 418 g/mol. The molecule has 1 N–H and O–H groups in total. The van der Waals surface area contributed by atoms with Crippen LogP contribution in [0.2, 0.25) is 0 Å². The van der Waals surface area contributed by atoms with Crippen molar-refractivity contribution in [2.24, 2.45) is 7.05 Å². The van der Waals surface area contributed by atoms with E-state index in [1.165, 1.54) is 18.5 Å². The zero-order valence-electron chi connectivity index (χ0n) is 18.5. The van der Waals surface area contributed by atoms with Gasteiger partial charge in [0.15, 0.2) is 6.10 Å². The third kappa shape index (κ3) is 4.39. The van der Waals surface area contributed by atoms with Crippen LogP contribution in [0.15, 0.2) is 77.7 Å². The number of benzene rings is 2. The standard InChI is InChI=1S/C26H23N3O4/c1-16-13-14-27-21(15-16)28-24(30)17(2)33-26(32)23-22(18-9-5-4-6-10-18)19-11-7-8-12-20(19)25(31)29(23)3/h4-15,17H,1-3H3,(H,27,28,30). The molecule has 1 unspecified atom stereocenters. The van der Waals surface area contributed by atoms with Gasteiger partial charge in [0.05, 0.1) is 0 Å². The summed E-state index contributed by atoms with van der Waals surface area (Å²) < 4.78 is 6.79. The number of amides is 1. The van der Waals surface area contributed by atoms with Gasteiger partial charge in [0.1, 0.15) is 11.5 Å². The molecule has 0 aliphatic carbocycles. The van der Waals surface area contributed by atoms with Crippen molar-refractivity contribution in [1.29, 1.82) is 0 Å². The van der Waals surface area contributed by atoms with Gasteiger partial charge in [-0.15, -0.1) is 0 Å². The number of ether oxygens (including phenoxy) is 1. The predicted octanol–water partition coefficient (Wildman–Crippen LogP) is 4.09. The molecule has 0 spiro atoms. The molecule has 7 heteroatoms. The van der Waals surface area contributed by atoms with Crippen molar-refractivity contribution in [3.8, 4) is 11.1 Å².